The van der Waals surface area contributed by atoms with Crippen molar-refractivity contribution in [1.82, 2.24) is 0 Å². The summed E-state index contributed by atoms with van der Waals surface area (Å²) in [6.45, 7) is 1.90. The van der Waals surface area contributed by atoms with Crippen LogP contribution in [0.4, 0.5) is 0 Å². The van der Waals surface area contributed by atoms with Crippen molar-refractivity contribution < 1.29 is 8.42 Å². The Bertz CT molecular complexity index is 441. The van der Waals surface area contributed by atoms with Crippen LogP contribution >= 0.6 is 0 Å². The first-order chi connectivity index (χ1) is 6.74. The highest BCUT2D eigenvalue weighted by molar-refractivity contribution is 7.61. The third-order valence-corrected chi connectivity index (χ3v) is 1.89. The van der Waals surface area contributed by atoms with Crippen molar-refractivity contribution in [2.45, 2.75) is 13.3 Å². The van der Waals surface area contributed by atoms with Gasteiger partial charge < -0.3 is 0 Å². The summed E-state index contributed by atoms with van der Waals surface area (Å²) in [5, 5.41) is 3.64. The molecule has 0 aliphatic rings. The molecule has 0 atom stereocenters. The van der Waals surface area contributed by atoms with Gasteiger partial charge >= 0.3 is 10.5 Å². The van der Waals surface area contributed by atoms with E-state index in [4.69, 9.17) is 0 Å². The Kier molecular flexibility index (Phi) is 4.00. The van der Waals surface area contributed by atoms with Gasteiger partial charge in [0.1, 0.15) is 0 Å². The molecule has 0 spiro atoms. The Hall–Kier alpha value is -1.49. The minimum Gasteiger partial charge on any atom is -0.162 e. The molecule has 0 saturated heterocycles. The molecule has 0 bridgehead atoms. The van der Waals surface area contributed by atoms with Crippen molar-refractivity contribution in [3.8, 4) is 0 Å². The molecule has 0 fully saturated rings. The highest BCUT2D eigenvalue weighted by Gasteiger charge is 1.98. The largest absolute Gasteiger partial charge is 0.334 e. The summed E-state index contributed by atoms with van der Waals surface area (Å²) in [6, 6.07) is 9.36. The molecule has 0 saturated carbocycles. The molecule has 5 heteroatoms. The van der Waals surface area contributed by atoms with Crippen LogP contribution in [-0.2, 0) is 10.5 Å². The van der Waals surface area contributed by atoms with Gasteiger partial charge in [0.2, 0.25) is 0 Å². The third-order valence-electron chi connectivity index (χ3n) is 1.67. The monoisotopic (exact) mass is 210 g/mol. The van der Waals surface area contributed by atoms with Crippen LogP contribution in [0, 0.1) is 0 Å². The quantitative estimate of drug-likeness (QED) is 0.564. The summed E-state index contributed by atoms with van der Waals surface area (Å²) in [5.74, 6) is 0. The fraction of sp³-hybridized carbons (Fsp3) is 0.222. The van der Waals surface area contributed by atoms with Crippen LogP contribution in [0.5, 0.6) is 0 Å². The number of rotatable bonds is 3. The van der Waals surface area contributed by atoms with Crippen LogP contribution < -0.4 is 0 Å². The maximum absolute atomic E-state index is 10.2. The molecule has 1 aromatic carbocycles. The standard InChI is InChI=1S/C9H10N2O2S/c1-2-9(10-11-14(12)13)8-6-4-3-5-7-8/h3-7H,2H2,1H3. The maximum atomic E-state index is 10.2. The van der Waals surface area contributed by atoms with Gasteiger partial charge in [-0.3, -0.25) is 0 Å². The van der Waals surface area contributed by atoms with Gasteiger partial charge in [-0.15, -0.1) is 5.10 Å². The lowest BCUT2D eigenvalue weighted by atomic mass is 10.1. The van der Waals surface area contributed by atoms with Crippen molar-refractivity contribution in [1.29, 1.82) is 0 Å². The normalized spacial score (nSPS) is 11.1. The van der Waals surface area contributed by atoms with Gasteiger partial charge in [0.25, 0.3) is 0 Å². The average molecular weight is 210 g/mol. The van der Waals surface area contributed by atoms with E-state index in [2.05, 4.69) is 9.57 Å². The maximum Gasteiger partial charge on any atom is 0.334 e. The highest BCUT2D eigenvalue weighted by atomic mass is 32.2. The number of hydrogen-bond donors (Lipinski definition) is 0. The van der Waals surface area contributed by atoms with Crippen LogP contribution in [0.3, 0.4) is 0 Å². The van der Waals surface area contributed by atoms with E-state index in [9.17, 15) is 8.42 Å². The van der Waals surface area contributed by atoms with Gasteiger partial charge in [-0.25, -0.2) is 0 Å². The molecule has 0 amide bonds. The topological polar surface area (TPSA) is 58.9 Å². The summed E-state index contributed by atoms with van der Waals surface area (Å²) in [7, 11) is -2.47. The van der Waals surface area contributed by atoms with Crippen LogP contribution in [0.25, 0.3) is 0 Å². The molecular formula is C9H10N2O2S. The average Bonchev–Trinajstić information content (AvgIpc) is 2.20. The first-order valence-electron chi connectivity index (χ1n) is 4.16. The molecule has 0 heterocycles. The molecular weight excluding hydrogens is 200 g/mol. The van der Waals surface area contributed by atoms with E-state index in [0.717, 1.165) is 5.56 Å². The zero-order chi connectivity index (χ0) is 10.4. The van der Waals surface area contributed by atoms with Crippen LogP contribution in [0.15, 0.2) is 39.9 Å². The summed E-state index contributed by atoms with van der Waals surface area (Å²) in [5.41, 5.74) is 1.55. The zero-order valence-corrected chi connectivity index (χ0v) is 8.53. The van der Waals surface area contributed by atoms with E-state index in [1.807, 2.05) is 37.3 Å². The second kappa shape index (κ2) is 5.29. The Morgan fingerprint density at radius 3 is 2.43 bits per heavy atom. The minimum absolute atomic E-state index is 0.644. The molecule has 0 unspecified atom stereocenters. The number of benzene rings is 1. The first kappa shape index (κ1) is 10.6. The third kappa shape index (κ3) is 3.10. The summed E-state index contributed by atoms with van der Waals surface area (Å²) in [4.78, 5) is 0. The van der Waals surface area contributed by atoms with Crippen LogP contribution in [0.1, 0.15) is 18.9 Å². The van der Waals surface area contributed by atoms with Gasteiger partial charge in [0.15, 0.2) is 0 Å². The molecule has 1 rings (SSSR count). The van der Waals surface area contributed by atoms with Gasteiger partial charge in [-0.05, 0) is 16.5 Å². The van der Waals surface area contributed by atoms with Gasteiger partial charge in [-0.2, -0.15) is 8.42 Å². The van der Waals surface area contributed by atoms with Crippen LogP contribution in [-0.4, -0.2) is 14.1 Å². The minimum atomic E-state index is -2.47. The molecule has 0 aliphatic heterocycles. The van der Waals surface area contributed by atoms with E-state index in [-0.39, 0.29) is 0 Å². The second-order valence-corrected chi connectivity index (χ2v) is 3.16. The van der Waals surface area contributed by atoms with E-state index in [1.54, 1.807) is 0 Å². The smallest absolute Gasteiger partial charge is 0.162 e. The lowest BCUT2D eigenvalue weighted by Gasteiger charge is -1.99. The number of hydrogen-bond acceptors (Lipinski definition) is 3. The summed E-state index contributed by atoms with van der Waals surface area (Å²) in [6.07, 6.45) is 0.644. The van der Waals surface area contributed by atoms with Crippen molar-refractivity contribution in [3.63, 3.8) is 0 Å². The van der Waals surface area contributed by atoms with Crippen molar-refractivity contribution >= 4 is 16.2 Å². The van der Waals surface area contributed by atoms with E-state index < -0.39 is 10.5 Å². The fourth-order valence-electron chi connectivity index (χ4n) is 1.05. The fourth-order valence-corrected chi connectivity index (χ4v) is 1.21. The predicted molar refractivity (Wildman–Crippen MR) is 54.6 cm³/mol. The Morgan fingerprint density at radius 1 is 1.29 bits per heavy atom. The SMILES string of the molecule is CCC(=NN=S(=O)=O)c1ccccc1. The molecule has 74 valence electrons. The molecule has 4 nitrogen and oxygen atoms in total. The van der Waals surface area contributed by atoms with Crippen molar-refractivity contribution in [2.75, 3.05) is 0 Å². The van der Waals surface area contributed by atoms with E-state index in [0.29, 0.717) is 12.1 Å². The van der Waals surface area contributed by atoms with Crippen LogP contribution in [0.2, 0.25) is 0 Å². The van der Waals surface area contributed by atoms with Gasteiger partial charge in [0, 0.05) is 0 Å². The molecule has 0 aliphatic carbocycles. The molecule has 14 heavy (non-hydrogen) atoms. The van der Waals surface area contributed by atoms with Gasteiger partial charge in [-0.1, -0.05) is 37.3 Å². The molecule has 0 aromatic heterocycles. The molecule has 1 aromatic rings. The second-order valence-electron chi connectivity index (χ2n) is 2.57. The van der Waals surface area contributed by atoms with E-state index >= 15 is 0 Å². The zero-order valence-electron chi connectivity index (χ0n) is 7.71. The van der Waals surface area contributed by atoms with Gasteiger partial charge in [0.05, 0.1) is 5.71 Å². The molecule has 0 N–H and O–H groups in total. The van der Waals surface area contributed by atoms with E-state index in [1.165, 1.54) is 0 Å². The summed E-state index contributed by atoms with van der Waals surface area (Å²) < 4.78 is 23.4. The number of nitrogens with zero attached hydrogens (tertiary/aromatic N) is 2. The predicted octanol–water partition coefficient (Wildman–Crippen LogP) is 1.86. The highest BCUT2D eigenvalue weighted by Crippen LogP contribution is 2.04. The Morgan fingerprint density at radius 2 is 1.93 bits per heavy atom. The molecule has 0 radical (unpaired) electrons. The lowest BCUT2D eigenvalue weighted by molar-refractivity contribution is 0.621. The first-order valence-corrected chi connectivity index (χ1v) is 5.19. The summed E-state index contributed by atoms with van der Waals surface area (Å²) >= 11 is 0. The Balaban J connectivity index is 3.05. The lowest BCUT2D eigenvalue weighted by Crippen LogP contribution is -1.97. The Labute approximate surface area is 84.0 Å². The van der Waals surface area contributed by atoms with Crippen molar-refractivity contribution in [2.24, 2.45) is 9.57 Å². The van der Waals surface area contributed by atoms with Crippen molar-refractivity contribution in [3.05, 3.63) is 35.9 Å².